The molecule has 112 valence electrons. The highest BCUT2D eigenvalue weighted by molar-refractivity contribution is 9.10. The molecule has 1 heterocycles. The van der Waals surface area contributed by atoms with Gasteiger partial charge in [-0.3, -0.25) is 4.79 Å². The van der Waals surface area contributed by atoms with Crippen LogP contribution in [0.3, 0.4) is 0 Å². The maximum absolute atomic E-state index is 12.1. The van der Waals surface area contributed by atoms with Crippen molar-refractivity contribution < 1.29 is 4.79 Å². The molecule has 0 radical (unpaired) electrons. The number of para-hydroxylation sites is 1. The lowest BCUT2D eigenvalue weighted by Crippen LogP contribution is -2.33. The molecule has 5 heteroatoms. The zero-order chi connectivity index (χ0) is 15.2. The predicted molar refractivity (Wildman–Crippen MR) is 92.7 cm³/mol. The molecule has 0 aliphatic rings. The second kappa shape index (κ2) is 7.73. The Morgan fingerprint density at radius 3 is 2.62 bits per heavy atom. The molecule has 1 unspecified atom stereocenters. The van der Waals surface area contributed by atoms with Crippen LogP contribution in [-0.2, 0) is 4.79 Å². The summed E-state index contributed by atoms with van der Waals surface area (Å²) in [6.07, 6.45) is 0. The fourth-order valence-electron chi connectivity index (χ4n) is 2.09. The first-order valence-corrected chi connectivity index (χ1v) is 8.56. The summed E-state index contributed by atoms with van der Waals surface area (Å²) in [4.78, 5) is 13.3. The van der Waals surface area contributed by atoms with Gasteiger partial charge in [0.2, 0.25) is 5.91 Å². The van der Waals surface area contributed by atoms with Gasteiger partial charge in [0, 0.05) is 15.4 Å². The zero-order valence-corrected chi connectivity index (χ0v) is 14.5. The van der Waals surface area contributed by atoms with E-state index in [0.717, 1.165) is 10.2 Å². The summed E-state index contributed by atoms with van der Waals surface area (Å²) < 4.78 is 0.886. The summed E-state index contributed by atoms with van der Waals surface area (Å²) in [7, 11) is 0. The van der Waals surface area contributed by atoms with Crippen LogP contribution in [0.4, 0.5) is 5.69 Å². The Kier molecular flexibility index (Phi) is 5.96. The SMILES string of the molecule is CC(C)C(NCC(=O)Nc1ccccc1Br)c1cccs1. The molecular weight excluding hydrogens is 348 g/mol. The molecule has 21 heavy (non-hydrogen) atoms. The molecule has 2 aromatic rings. The van der Waals surface area contributed by atoms with E-state index < -0.39 is 0 Å². The average Bonchev–Trinajstić information content (AvgIpc) is 2.95. The van der Waals surface area contributed by atoms with Gasteiger partial charge in [0.05, 0.1) is 12.2 Å². The van der Waals surface area contributed by atoms with Crippen molar-refractivity contribution in [1.29, 1.82) is 0 Å². The summed E-state index contributed by atoms with van der Waals surface area (Å²) >= 11 is 5.14. The van der Waals surface area contributed by atoms with Crippen LogP contribution in [0.2, 0.25) is 0 Å². The number of hydrogen-bond donors (Lipinski definition) is 2. The Morgan fingerprint density at radius 1 is 1.24 bits per heavy atom. The normalized spacial score (nSPS) is 12.4. The maximum Gasteiger partial charge on any atom is 0.238 e. The van der Waals surface area contributed by atoms with Crippen LogP contribution in [0, 0.1) is 5.92 Å². The van der Waals surface area contributed by atoms with Gasteiger partial charge in [-0.25, -0.2) is 0 Å². The molecule has 0 aliphatic carbocycles. The van der Waals surface area contributed by atoms with Crippen molar-refractivity contribution in [2.45, 2.75) is 19.9 Å². The van der Waals surface area contributed by atoms with E-state index in [-0.39, 0.29) is 11.9 Å². The molecule has 0 saturated heterocycles. The number of anilines is 1. The van der Waals surface area contributed by atoms with Gasteiger partial charge >= 0.3 is 0 Å². The fraction of sp³-hybridized carbons (Fsp3) is 0.312. The number of halogens is 1. The van der Waals surface area contributed by atoms with Gasteiger partial charge in [-0.1, -0.05) is 32.0 Å². The third-order valence-electron chi connectivity index (χ3n) is 3.15. The van der Waals surface area contributed by atoms with Crippen LogP contribution < -0.4 is 10.6 Å². The van der Waals surface area contributed by atoms with E-state index in [1.807, 2.05) is 30.3 Å². The molecule has 1 aromatic heterocycles. The van der Waals surface area contributed by atoms with Crippen LogP contribution in [-0.4, -0.2) is 12.5 Å². The number of carbonyl (C=O) groups is 1. The largest absolute Gasteiger partial charge is 0.324 e. The second-order valence-electron chi connectivity index (χ2n) is 5.15. The third-order valence-corrected chi connectivity index (χ3v) is 4.79. The molecule has 2 N–H and O–H groups in total. The van der Waals surface area contributed by atoms with Crippen molar-refractivity contribution in [2.24, 2.45) is 5.92 Å². The molecule has 0 fully saturated rings. The highest BCUT2D eigenvalue weighted by Gasteiger charge is 2.17. The summed E-state index contributed by atoms with van der Waals surface area (Å²) in [6, 6.07) is 12.0. The quantitative estimate of drug-likeness (QED) is 0.793. The van der Waals surface area contributed by atoms with Gasteiger partial charge in [-0.05, 0) is 45.4 Å². The van der Waals surface area contributed by atoms with Gasteiger partial charge in [0.15, 0.2) is 0 Å². The summed E-state index contributed by atoms with van der Waals surface area (Å²) in [5.41, 5.74) is 0.793. The molecule has 0 aliphatic heterocycles. The minimum atomic E-state index is -0.0379. The van der Waals surface area contributed by atoms with Crippen molar-refractivity contribution in [3.8, 4) is 0 Å². The Morgan fingerprint density at radius 2 is 2.00 bits per heavy atom. The number of amides is 1. The molecular formula is C16H19BrN2OS. The molecule has 3 nitrogen and oxygen atoms in total. The van der Waals surface area contributed by atoms with Crippen LogP contribution in [0.5, 0.6) is 0 Å². The van der Waals surface area contributed by atoms with Gasteiger partial charge in [0.25, 0.3) is 0 Å². The Balaban J connectivity index is 1.92. The van der Waals surface area contributed by atoms with Crippen molar-refractivity contribution in [3.63, 3.8) is 0 Å². The van der Waals surface area contributed by atoms with Gasteiger partial charge in [0.1, 0.15) is 0 Å². The topological polar surface area (TPSA) is 41.1 Å². The predicted octanol–water partition coefficient (Wildman–Crippen LogP) is 4.44. The number of carbonyl (C=O) groups excluding carboxylic acids is 1. The number of hydrogen-bond acceptors (Lipinski definition) is 3. The minimum Gasteiger partial charge on any atom is -0.324 e. The van der Waals surface area contributed by atoms with E-state index >= 15 is 0 Å². The second-order valence-corrected chi connectivity index (χ2v) is 6.98. The summed E-state index contributed by atoms with van der Waals surface area (Å²) in [6.45, 7) is 4.61. The highest BCUT2D eigenvalue weighted by Crippen LogP contribution is 2.25. The number of benzene rings is 1. The smallest absolute Gasteiger partial charge is 0.238 e. The summed E-state index contributed by atoms with van der Waals surface area (Å²) in [5, 5.41) is 8.31. The van der Waals surface area contributed by atoms with Crippen LogP contribution in [0.15, 0.2) is 46.3 Å². The first-order valence-electron chi connectivity index (χ1n) is 6.89. The zero-order valence-electron chi connectivity index (χ0n) is 12.1. The molecule has 0 spiro atoms. The molecule has 1 amide bonds. The Hall–Kier alpha value is -1.17. The van der Waals surface area contributed by atoms with Crippen molar-refractivity contribution in [1.82, 2.24) is 5.32 Å². The molecule has 0 saturated carbocycles. The average molecular weight is 367 g/mol. The standard InChI is InChI=1S/C16H19BrN2OS/c1-11(2)16(14-8-5-9-21-14)18-10-15(20)19-13-7-4-3-6-12(13)17/h3-9,11,16,18H,10H2,1-2H3,(H,19,20). The number of nitrogens with one attached hydrogen (secondary N) is 2. The number of rotatable bonds is 6. The van der Waals surface area contributed by atoms with Crippen molar-refractivity contribution >= 4 is 38.9 Å². The van der Waals surface area contributed by atoms with E-state index in [2.05, 4.69) is 51.9 Å². The Labute approximate surface area is 137 Å². The summed E-state index contributed by atoms with van der Waals surface area (Å²) in [5.74, 6) is 0.393. The Bertz CT molecular complexity index is 584. The van der Waals surface area contributed by atoms with Crippen molar-refractivity contribution in [3.05, 3.63) is 51.1 Å². The van der Waals surface area contributed by atoms with E-state index in [1.54, 1.807) is 11.3 Å². The lowest BCUT2D eigenvalue weighted by Gasteiger charge is -2.21. The van der Waals surface area contributed by atoms with Crippen molar-refractivity contribution in [2.75, 3.05) is 11.9 Å². The van der Waals surface area contributed by atoms with Gasteiger partial charge in [-0.15, -0.1) is 11.3 Å². The third kappa shape index (κ3) is 4.66. The monoisotopic (exact) mass is 366 g/mol. The molecule has 1 aromatic carbocycles. The molecule has 1 atom stereocenters. The van der Waals surface area contributed by atoms with Crippen LogP contribution in [0.1, 0.15) is 24.8 Å². The minimum absolute atomic E-state index is 0.0379. The van der Waals surface area contributed by atoms with Gasteiger partial charge < -0.3 is 10.6 Å². The molecule has 2 rings (SSSR count). The highest BCUT2D eigenvalue weighted by atomic mass is 79.9. The van der Waals surface area contributed by atoms with E-state index in [0.29, 0.717) is 12.5 Å². The van der Waals surface area contributed by atoms with Crippen LogP contribution >= 0.6 is 27.3 Å². The van der Waals surface area contributed by atoms with E-state index in [4.69, 9.17) is 0 Å². The fourth-order valence-corrected chi connectivity index (χ4v) is 3.45. The first kappa shape index (κ1) is 16.2. The van der Waals surface area contributed by atoms with Crippen LogP contribution in [0.25, 0.3) is 0 Å². The first-order chi connectivity index (χ1) is 10.1. The van der Waals surface area contributed by atoms with E-state index in [9.17, 15) is 4.79 Å². The lowest BCUT2D eigenvalue weighted by molar-refractivity contribution is -0.115. The molecule has 0 bridgehead atoms. The maximum atomic E-state index is 12.1. The lowest BCUT2D eigenvalue weighted by atomic mass is 10.0. The number of thiophene rings is 1. The van der Waals surface area contributed by atoms with E-state index in [1.165, 1.54) is 4.88 Å². The van der Waals surface area contributed by atoms with Gasteiger partial charge in [-0.2, -0.15) is 0 Å².